The Balaban J connectivity index is 2.09. The van der Waals surface area contributed by atoms with E-state index in [1.165, 1.54) is 18.4 Å². The van der Waals surface area contributed by atoms with E-state index in [0.29, 0.717) is 12.6 Å². The highest BCUT2D eigenvalue weighted by atomic mass is 16.5. The maximum Gasteiger partial charge on any atom is 0.0824 e. The van der Waals surface area contributed by atoms with E-state index in [4.69, 9.17) is 10.5 Å². The molecule has 1 aromatic carbocycles. The van der Waals surface area contributed by atoms with Crippen LogP contribution in [0.4, 0.5) is 0 Å². The van der Waals surface area contributed by atoms with Crippen molar-refractivity contribution in [2.75, 3.05) is 26.2 Å². The largest absolute Gasteiger partial charge is 0.374 e. The maximum absolute atomic E-state index is 5.73. The molecule has 2 atom stereocenters. The van der Waals surface area contributed by atoms with E-state index in [9.17, 15) is 0 Å². The second-order valence-electron chi connectivity index (χ2n) is 4.94. The van der Waals surface area contributed by atoms with Gasteiger partial charge in [0.1, 0.15) is 0 Å². The van der Waals surface area contributed by atoms with Crippen LogP contribution in [0.15, 0.2) is 30.3 Å². The first-order valence-electron chi connectivity index (χ1n) is 6.95. The Morgan fingerprint density at radius 2 is 2.17 bits per heavy atom. The van der Waals surface area contributed by atoms with Crippen LogP contribution in [0.5, 0.6) is 0 Å². The SMILES string of the molecule is CCCC(c1ccccc1)N1CCOC(CN)C1. The first-order valence-corrected chi connectivity index (χ1v) is 6.95. The molecule has 2 unspecified atom stereocenters. The van der Waals surface area contributed by atoms with Crippen molar-refractivity contribution in [2.45, 2.75) is 31.9 Å². The predicted molar refractivity (Wildman–Crippen MR) is 74.5 cm³/mol. The van der Waals surface area contributed by atoms with Gasteiger partial charge in [0.05, 0.1) is 12.7 Å². The monoisotopic (exact) mass is 248 g/mol. The van der Waals surface area contributed by atoms with E-state index in [0.717, 1.165) is 19.7 Å². The molecule has 3 nitrogen and oxygen atoms in total. The molecule has 1 aliphatic heterocycles. The Morgan fingerprint density at radius 3 is 2.83 bits per heavy atom. The average Bonchev–Trinajstić information content (AvgIpc) is 2.46. The number of benzene rings is 1. The van der Waals surface area contributed by atoms with Crippen molar-refractivity contribution in [3.63, 3.8) is 0 Å². The van der Waals surface area contributed by atoms with Crippen LogP contribution in [-0.4, -0.2) is 37.2 Å². The Kier molecular flexibility index (Phi) is 5.17. The van der Waals surface area contributed by atoms with E-state index in [-0.39, 0.29) is 6.10 Å². The predicted octanol–water partition coefficient (Wildman–Crippen LogP) is 2.19. The van der Waals surface area contributed by atoms with Gasteiger partial charge in [0.15, 0.2) is 0 Å². The van der Waals surface area contributed by atoms with Gasteiger partial charge in [0, 0.05) is 25.7 Å². The van der Waals surface area contributed by atoms with Gasteiger partial charge in [-0.25, -0.2) is 0 Å². The molecule has 18 heavy (non-hydrogen) atoms. The molecule has 1 aliphatic rings. The standard InChI is InChI=1S/C15H24N2O/c1-2-6-15(13-7-4-3-5-8-13)17-9-10-18-14(11-16)12-17/h3-5,7-8,14-15H,2,6,9-12,16H2,1H3. The number of nitrogens with zero attached hydrogens (tertiary/aromatic N) is 1. The van der Waals surface area contributed by atoms with E-state index in [2.05, 4.69) is 42.2 Å². The molecular formula is C15H24N2O. The van der Waals surface area contributed by atoms with Crippen molar-refractivity contribution < 1.29 is 4.74 Å². The molecule has 0 bridgehead atoms. The molecule has 1 heterocycles. The number of morpholine rings is 1. The quantitative estimate of drug-likeness (QED) is 0.868. The smallest absolute Gasteiger partial charge is 0.0824 e. The van der Waals surface area contributed by atoms with Crippen LogP contribution < -0.4 is 5.73 Å². The summed E-state index contributed by atoms with van der Waals surface area (Å²) < 4.78 is 5.65. The Morgan fingerprint density at radius 1 is 1.39 bits per heavy atom. The van der Waals surface area contributed by atoms with Gasteiger partial charge in [-0.15, -0.1) is 0 Å². The summed E-state index contributed by atoms with van der Waals surface area (Å²) >= 11 is 0. The van der Waals surface area contributed by atoms with Crippen LogP contribution in [0.2, 0.25) is 0 Å². The lowest BCUT2D eigenvalue weighted by Crippen LogP contribution is -2.47. The Labute approximate surface area is 110 Å². The number of hydrogen-bond donors (Lipinski definition) is 1. The summed E-state index contributed by atoms with van der Waals surface area (Å²) in [5.74, 6) is 0. The van der Waals surface area contributed by atoms with Crippen LogP contribution in [0.3, 0.4) is 0 Å². The minimum absolute atomic E-state index is 0.196. The lowest BCUT2D eigenvalue weighted by Gasteiger charge is -2.38. The van der Waals surface area contributed by atoms with Crippen LogP contribution in [-0.2, 0) is 4.74 Å². The van der Waals surface area contributed by atoms with Crippen molar-refractivity contribution in [1.82, 2.24) is 4.90 Å². The average molecular weight is 248 g/mol. The molecule has 0 spiro atoms. The van der Waals surface area contributed by atoms with Crippen LogP contribution in [0.25, 0.3) is 0 Å². The third kappa shape index (κ3) is 3.31. The lowest BCUT2D eigenvalue weighted by atomic mass is 9.99. The third-order valence-corrected chi connectivity index (χ3v) is 3.62. The van der Waals surface area contributed by atoms with Crippen LogP contribution >= 0.6 is 0 Å². The zero-order valence-electron chi connectivity index (χ0n) is 11.2. The molecule has 2 N–H and O–H groups in total. The topological polar surface area (TPSA) is 38.5 Å². The van der Waals surface area contributed by atoms with Gasteiger partial charge in [0.25, 0.3) is 0 Å². The summed E-state index contributed by atoms with van der Waals surface area (Å²) in [6.45, 7) is 5.63. The van der Waals surface area contributed by atoms with Crippen molar-refractivity contribution in [1.29, 1.82) is 0 Å². The summed E-state index contributed by atoms with van der Waals surface area (Å²) in [7, 11) is 0. The van der Waals surface area contributed by atoms with Crippen LogP contribution in [0.1, 0.15) is 31.4 Å². The second kappa shape index (κ2) is 6.88. The molecule has 0 aliphatic carbocycles. The summed E-state index contributed by atoms with van der Waals surface area (Å²) in [4.78, 5) is 2.53. The molecule has 0 saturated carbocycles. The van der Waals surface area contributed by atoms with Gasteiger partial charge < -0.3 is 10.5 Å². The number of rotatable bonds is 5. The van der Waals surface area contributed by atoms with Gasteiger partial charge in [-0.05, 0) is 12.0 Å². The van der Waals surface area contributed by atoms with Crippen molar-refractivity contribution in [3.8, 4) is 0 Å². The molecule has 0 radical (unpaired) electrons. The molecule has 0 aromatic heterocycles. The number of hydrogen-bond acceptors (Lipinski definition) is 3. The number of ether oxygens (including phenoxy) is 1. The number of nitrogens with two attached hydrogens (primary N) is 1. The van der Waals surface area contributed by atoms with E-state index < -0.39 is 0 Å². The van der Waals surface area contributed by atoms with Gasteiger partial charge in [-0.2, -0.15) is 0 Å². The van der Waals surface area contributed by atoms with E-state index in [1.807, 2.05) is 0 Å². The lowest BCUT2D eigenvalue weighted by molar-refractivity contribution is -0.0403. The molecule has 1 saturated heterocycles. The molecular weight excluding hydrogens is 224 g/mol. The summed E-state index contributed by atoms with van der Waals surface area (Å²) in [6.07, 6.45) is 2.59. The second-order valence-corrected chi connectivity index (χ2v) is 4.94. The van der Waals surface area contributed by atoms with Gasteiger partial charge >= 0.3 is 0 Å². The fraction of sp³-hybridized carbons (Fsp3) is 0.600. The molecule has 2 rings (SSSR count). The molecule has 0 amide bonds. The fourth-order valence-corrected chi connectivity index (χ4v) is 2.68. The molecule has 1 aromatic rings. The van der Waals surface area contributed by atoms with Crippen molar-refractivity contribution in [2.24, 2.45) is 5.73 Å². The molecule has 1 fully saturated rings. The Hall–Kier alpha value is -0.900. The summed E-state index contributed by atoms with van der Waals surface area (Å²) in [5.41, 5.74) is 7.14. The Bertz CT molecular complexity index is 342. The molecule has 3 heteroatoms. The highest BCUT2D eigenvalue weighted by Gasteiger charge is 2.26. The third-order valence-electron chi connectivity index (χ3n) is 3.62. The maximum atomic E-state index is 5.73. The van der Waals surface area contributed by atoms with Gasteiger partial charge in [-0.3, -0.25) is 4.90 Å². The van der Waals surface area contributed by atoms with Crippen molar-refractivity contribution in [3.05, 3.63) is 35.9 Å². The first kappa shape index (κ1) is 13.5. The van der Waals surface area contributed by atoms with Crippen molar-refractivity contribution >= 4 is 0 Å². The van der Waals surface area contributed by atoms with Gasteiger partial charge in [0.2, 0.25) is 0 Å². The molecule has 100 valence electrons. The normalized spacial score (nSPS) is 22.9. The van der Waals surface area contributed by atoms with E-state index >= 15 is 0 Å². The minimum atomic E-state index is 0.196. The zero-order chi connectivity index (χ0) is 12.8. The highest BCUT2D eigenvalue weighted by molar-refractivity contribution is 5.19. The first-order chi connectivity index (χ1) is 8.85. The summed E-state index contributed by atoms with van der Waals surface area (Å²) in [5, 5.41) is 0. The zero-order valence-corrected chi connectivity index (χ0v) is 11.2. The van der Waals surface area contributed by atoms with Crippen LogP contribution in [0, 0.1) is 0 Å². The fourth-order valence-electron chi connectivity index (χ4n) is 2.68. The van der Waals surface area contributed by atoms with E-state index in [1.54, 1.807) is 0 Å². The highest BCUT2D eigenvalue weighted by Crippen LogP contribution is 2.27. The minimum Gasteiger partial charge on any atom is -0.374 e. The van der Waals surface area contributed by atoms with Gasteiger partial charge in [-0.1, -0.05) is 43.7 Å². The summed E-state index contributed by atoms with van der Waals surface area (Å²) in [6, 6.07) is 11.3.